The van der Waals surface area contributed by atoms with Crippen LogP contribution in [-0.4, -0.2) is 44.2 Å². The zero-order valence-electron chi connectivity index (χ0n) is 14.9. The number of likely N-dealkylation sites (tertiary alicyclic amines) is 1. The summed E-state index contributed by atoms with van der Waals surface area (Å²) in [6, 6.07) is 7.75. The van der Waals surface area contributed by atoms with Crippen LogP contribution in [-0.2, 0) is 6.54 Å². The second-order valence-corrected chi connectivity index (χ2v) is 6.31. The normalized spacial score (nSPS) is 17.5. The van der Waals surface area contributed by atoms with Crippen LogP contribution in [0.1, 0.15) is 28.1 Å². The SMILES string of the molecule is COc1cc(CN2CCC(NC(=O)c3ccoc3C)C2)cc(OC)c1. The largest absolute Gasteiger partial charge is 0.497 e. The first kappa shape index (κ1) is 17.4. The number of amides is 1. The van der Waals surface area contributed by atoms with Crippen LogP contribution in [0.3, 0.4) is 0 Å². The third kappa shape index (κ3) is 4.14. The van der Waals surface area contributed by atoms with Crippen molar-refractivity contribution in [3.05, 3.63) is 47.4 Å². The van der Waals surface area contributed by atoms with Crippen molar-refractivity contribution in [3.63, 3.8) is 0 Å². The van der Waals surface area contributed by atoms with Gasteiger partial charge in [-0.3, -0.25) is 9.69 Å². The predicted octanol–water partition coefficient (Wildman–Crippen LogP) is 2.61. The molecule has 6 heteroatoms. The van der Waals surface area contributed by atoms with E-state index >= 15 is 0 Å². The Kier molecular flexibility index (Phi) is 5.28. The van der Waals surface area contributed by atoms with Crippen molar-refractivity contribution in [2.75, 3.05) is 27.3 Å². The molecule has 1 fully saturated rings. The van der Waals surface area contributed by atoms with Gasteiger partial charge in [-0.2, -0.15) is 0 Å². The van der Waals surface area contributed by atoms with Crippen LogP contribution in [0, 0.1) is 6.92 Å². The summed E-state index contributed by atoms with van der Waals surface area (Å²) in [6.07, 6.45) is 2.48. The van der Waals surface area contributed by atoms with Gasteiger partial charge in [-0.25, -0.2) is 0 Å². The van der Waals surface area contributed by atoms with Crippen molar-refractivity contribution in [3.8, 4) is 11.5 Å². The van der Waals surface area contributed by atoms with E-state index in [1.807, 2.05) is 18.2 Å². The van der Waals surface area contributed by atoms with Crippen LogP contribution in [0.15, 0.2) is 34.9 Å². The van der Waals surface area contributed by atoms with Gasteiger partial charge in [-0.15, -0.1) is 0 Å². The summed E-state index contributed by atoms with van der Waals surface area (Å²) >= 11 is 0. The molecule has 0 bridgehead atoms. The highest BCUT2D eigenvalue weighted by Gasteiger charge is 2.25. The molecule has 1 aromatic heterocycles. The lowest BCUT2D eigenvalue weighted by atomic mass is 10.2. The van der Waals surface area contributed by atoms with Crippen LogP contribution < -0.4 is 14.8 Å². The number of aryl methyl sites for hydroxylation is 1. The van der Waals surface area contributed by atoms with E-state index in [2.05, 4.69) is 10.2 Å². The van der Waals surface area contributed by atoms with E-state index in [-0.39, 0.29) is 11.9 Å². The second-order valence-electron chi connectivity index (χ2n) is 6.31. The van der Waals surface area contributed by atoms with Gasteiger partial charge in [0.05, 0.1) is 26.0 Å². The Labute approximate surface area is 147 Å². The number of hydrogen-bond acceptors (Lipinski definition) is 5. The standard InChI is InChI=1S/C19H24N2O4/c1-13-18(5-7-25-13)19(22)20-15-4-6-21(12-15)11-14-8-16(23-2)10-17(9-14)24-3/h5,7-10,15H,4,6,11-12H2,1-3H3,(H,20,22). The van der Waals surface area contributed by atoms with Crippen molar-refractivity contribution in [1.82, 2.24) is 10.2 Å². The number of hydrogen-bond donors (Lipinski definition) is 1. The van der Waals surface area contributed by atoms with Gasteiger partial charge in [0.2, 0.25) is 0 Å². The Morgan fingerprint density at radius 1 is 1.28 bits per heavy atom. The molecule has 1 amide bonds. The molecule has 1 aliphatic heterocycles. The molecular weight excluding hydrogens is 320 g/mol. The highest BCUT2D eigenvalue weighted by molar-refractivity contribution is 5.95. The molecule has 1 aromatic carbocycles. The summed E-state index contributed by atoms with van der Waals surface area (Å²) in [5, 5.41) is 3.09. The van der Waals surface area contributed by atoms with E-state index in [0.29, 0.717) is 11.3 Å². The number of nitrogens with one attached hydrogen (secondary N) is 1. The number of furan rings is 1. The Morgan fingerprint density at radius 3 is 2.60 bits per heavy atom. The van der Waals surface area contributed by atoms with Gasteiger partial charge in [0.15, 0.2) is 0 Å². The zero-order valence-corrected chi connectivity index (χ0v) is 14.9. The van der Waals surface area contributed by atoms with Gasteiger partial charge in [0, 0.05) is 31.7 Å². The summed E-state index contributed by atoms with van der Waals surface area (Å²) in [4.78, 5) is 14.6. The Balaban J connectivity index is 1.58. The summed E-state index contributed by atoms with van der Waals surface area (Å²) in [5.41, 5.74) is 1.74. The van der Waals surface area contributed by atoms with Crippen molar-refractivity contribution < 1.29 is 18.7 Å². The van der Waals surface area contributed by atoms with Gasteiger partial charge in [0.1, 0.15) is 17.3 Å². The third-order valence-corrected chi connectivity index (χ3v) is 4.53. The monoisotopic (exact) mass is 344 g/mol. The second kappa shape index (κ2) is 7.61. The molecule has 134 valence electrons. The lowest BCUT2D eigenvalue weighted by Gasteiger charge is -2.18. The smallest absolute Gasteiger partial charge is 0.255 e. The van der Waals surface area contributed by atoms with Gasteiger partial charge in [-0.1, -0.05) is 0 Å². The first-order chi connectivity index (χ1) is 12.1. The molecule has 1 N–H and O–H groups in total. The maximum Gasteiger partial charge on any atom is 0.255 e. The fourth-order valence-corrected chi connectivity index (χ4v) is 3.19. The zero-order chi connectivity index (χ0) is 17.8. The number of nitrogens with zero attached hydrogens (tertiary/aromatic N) is 1. The predicted molar refractivity (Wildman–Crippen MR) is 94.1 cm³/mol. The molecule has 6 nitrogen and oxygen atoms in total. The molecule has 0 radical (unpaired) electrons. The molecule has 0 saturated carbocycles. The topological polar surface area (TPSA) is 63.9 Å². The molecular formula is C19H24N2O4. The lowest BCUT2D eigenvalue weighted by molar-refractivity contribution is 0.0936. The van der Waals surface area contributed by atoms with Crippen molar-refractivity contribution in [2.24, 2.45) is 0 Å². The van der Waals surface area contributed by atoms with Gasteiger partial charge >= 0.3 is 0 Å². The number of carbonyl (C=O) groups excluding carboxylic acids is 1. The number of benzene rings is 1. The van der Waals surface area contributed by atoms with Gasteiger partial charge < -0.3 is 19.2 Å². The van der Waals surface area contributed by atoms with E-state index < -0.39 is 0 Å². The maximum absolute atomic E-state index is 12.3. The molecule has 2 heterocycles. The summed E-state index contributed by atoms with van der Waals surface area (Å²) < 4.78 is 15.8. The highest BCUT2D eigenvalue weighted by Crippen LogP contribution is 2.24. The minimum Gasteiger partial charge on any atom is -0.497 e. The average Bonchev–Trinajstić information content (AvgIpc) is 3.23. The Hall–Kier alpha value is -2.47. The number of methoxy groups -OCH3 is 2. The van der Waals surface area contributed by atoms with E-state index in [0.717, 1.165) is 43.1 Å². The first-order valence-corrected chi connectivity index (χ1v) is 8.38. The molecule has 0 spiro atoms. The molecule has 1 saturated heterocycles. The molecule has 1 aliphatic rings. The summed E-state index contributed by atoms with van der Waals surface area (Å²) in [6.45, 7) is 4.35. The lowest BCUT2D eigenvalue weighted by Crippen LogP contribution is -2.37. The average molecular weight is 344 g/mol. The van der Waals surface area contributed by atoms with E-state index in [1.54, 1.807) is 33.5 Å². The number of rotatable bonds is 6. The molecule has 25 heavy (non-hydrogen) atoms. The summed E-state index contributed by atoms with van der Waals surface area (Å²) in [5.74, 6) is 2.15. The quantitative estimate of drug-likeness (QED) is 0.873. The highest BCUT2D eigenvalue weighted by atomic mass is 16.5. The number of carbonyl (C=O) groups is 1. The molecule has 1 unspecified atom stereocenters. The van der Waals surface area contributed by atoms with Crippen molar-refractivity contribution in [2.45, 2.75) is 25.9 Å². The van der Waals surface area contributed by atoms with Crippen molar-refractivity contribution in [1.29, 1.82) is 0 Å². The Morgan fingerprint density at radius 2 is 2.00 bits per heavy atom. The molecule has 1 atom stereocenters. The minimum absolute atomic E-state index is 0.0684. The molecule has 3 rings (SSSR count). The van der Waals surface area contributed by atoms with Crippen molar-refractivity contribution >= 4 is 5.91 Å². The van der Waals surface area contributed by atoms with Crippen LogP contribution in [0.2, 0.25) is 0 Å². The van der Waals surface area contributed by atoms with Gasteiger partial charge in [0.25, 0.3) is 5.91 Å². The molecule has 2 aromatic rings. The maximum atomic E-state index is 12.3. The third-order valence-electron chi connectivity index (χ3n) is 4.53. The van der Waals surface area contributed by atoms with Crippen LogP contribution in [0.5, 0.6) is 11.5 Å². The summed E-state index contributed by atoms with van der Waals surface area (Å²) in [7, 11) is 3.30. The first-order valence-electron chi connectivity index (χ1n) is 8.38. The van der Waals surface area contributed by atoms with Gasteiger partial charge in [-0.05, 0) is 37.1 Å². The van der Waals surface area contributed by atoms with E-state index in [1.165, 1.54) is 0 Å². The molecule has 0 aliphatic carbocycles. The fraction of sp³-hybridized carbons (Fsp3) is 0.421. The van der Waals surface area contributed by atoms with Crippen LogP contribution in [0.4, 0.5) is 0 Å². The fourth-order valence-electron chi connectivity index (χ4n) is 3.19. The minimum atomic E-state index is -0.0684. The Bertz CT molecular complexity index is 719. The number of ether oxygens (including phenoxy) is 2. The van der Waals surface area contributed by atoms with Crippen LogP contribution in [0.25, 0.3) is 0 Å². The van der Waals surface area contributed by atoms with E-state index in [4.69, 9.17) is 13.9 Å². The van der Waals surface area contributed by atoms with Crippen LogP contribution >= 0.6 is 0 Å². The van der Waals surface area contributed by atoms with E-state index in [9.17, 15) is 4.79 Å².